The summed E-state index contributed by atoms with van der Waals surface area (Å²) in [6.45, 7) is -0.422. The summed E-state index contributed by atoms with van der Waals surface area (Å²) in [5.41, 5.74) is 0.915. The lowest BCUT2D eigenvalue weighted by molar-refractivity contribution is -0.139. The van der Waals surface area contributed by atoms with Crippen LogP contribution in [0.3, 0.4) is 0 Å². The SMILES string of the molecule is O=C(O)COc1ccc(/C=c2\s/c(=C\C(=O)c3ccc(Cl)cc3)[nH]c2=O)cc1. The van der Waals surface area contributed by atoms with Gasteiger partial charge in [0.05, 0.1) is 9.20 Å². The average Bonchev–Trinajstić information content (AvgIpc) is 3.00. The van der Waals surface area contributed by atoms with Gasteiger partial charge in [0, 0.05) is 16.7 Å². The number of carboxylic acid groups (broad SMARTS) is 1. The number of ketones is 1. The fourth-order valence-corrected chi connectivity index (χ4v) is 3.31. The summed E-state index contributed by atoms with van der Waals surface area (Å²) < 4.78 is 5.95. The molecule has 1 aromatic heterocycles. The Hall–Kier alpha value is -3.16. The van der Waals surface area contributed by atoms with Crippen molar-refractivity contribution in [3.05, 3.63) is 84.2 Å². The van der Waals surface area contributed by atoms with Crippen LogP contribution < -0.4 is 19.5 Å². The molecule has 0 amide bonds. The molecule has 2 aromatic carbocycles. The predicted molar refractivity (Wildman–Crippen MR) is 108 cm³/mol. The van der Waals surface area contributed by atoms with Crippen molar-refractivity contribution in [3.8, 4) is 5.75 Å². The minimum absolute atomic E-state index is 0.236. The fraction of sp³-hybridized carbons (Fsp3) is 0.0500. The lowest BCUT2D eigenvalue weighted by Gasteiger charge is -2.02. The lowest BCUT2D eigenvalue weighted by atomic mass is 10.1. The van der Waals surface area contributed by atoms with Crippen LogP contribution in [0.15, 0.2) is 53.3 Å². The minimum atomic E-state index is -1.06. The van der Waals surface area contributed by atoms with Crippen LogP contribution in [0, 0.1) is 0 Å². The van der Waals surface area contributed by atoms with Crippen molar-refractivity contribution in [1.29, 1.82) is 0 Å². The summed E-state index contributed by atoms with van der Waals surface area (Å²) in [4.78, 5) is 37.6. The third kappa shape index (κ3) is 5.18. The number of benzene rings is 2. The number of nitrogens with one attached hydrogen (secondary N) is 1. The molecular weight excluding hydrogens is 402 g/mol. The first-order chi connectivity index (χ1) is 13.4. The highest BCUT2D eigenvalue weighted by molar-refractivity contribution is 7.07. The molecule has 3 rings (SSSR count). The molecule has 0 saturated heterocycles. The van der Waals surface area contributed by atoms with Crippen LogP contribution in [0.2, 0.25) is 5.02 Å². The van der Waals surface area contributed by atoms with E-state index in [4.69, 9.17) is 21.4 Å². The van der Waals surface area contributed by atoms with Gasteiger partial charge in [0.15, 0.2) is 12.4 Å². The molecule has 0 aliphatic carbocycles. The van der Waals surface area contributed by atoms with Crippen LogP contribution in [0.5, 0.6) is 5.75 Å². The Kier molecular flexibility index (Phi) is 6.08. The van der Waals surface area contributed by atoms with E-state index in [2.05, 4.69) is 4.98 Å². The molecule has 0 spiro atoms. The van der Waals surface area contributed by atoms with Gasteiger partial charge in [0.25, 0.3) is 5.56 Å². The molecule has 0 aliphatic heterocycles. The number of ether oxygens (including phenoxy) is 1. The second-order valence-electron chi connectivity index (χ2n) is 5.70. The third-order valence-corrected chi connectivity index (χ3v) is 4.83. The van der Waals surface area contributed by atoms with Gasteiger partial charge in [-0.25, -0.2) is 4.79 Å². The van der Waals surface area contributed by atoms with Gasteiger partial charge in [-0.15, -0.1) is 11.3 Å². The molecular formula is C20H14ClNO5S. The summed E-state index contributed by atoms with van der Waals surface area (Å²) in [6, 6.07) is 13.1. The highest BCUT2D eigenvalue weighted by atomic mass is 35.5. The molecule has 0 atom stereocenters. The Bertz CT molecular complexity index is 1180. The number of thiazole rings is 1. The van der Waals surface area contributed by atoms with Crippen LogP contribution >= 0.6 is 22.9 Å². The van der Waals surface area contributed by atoms with E-state index >= 15 is 0 Å². The summed E-state index contributed by atoms with van der Waals surface area (Å²) in [6.07, 6.45) is 3.05. The monoisotopic (exact) mass is 415 g/mol. The molecule has 0 radical (unpaired) electrons. The van der Waals surface area contributed by atoms with Gasteiger partial charge in [-0.05, 0) is 48.0 Å². The maximum absolute atomic E-state index is 12.3. The molecule has 0 unspecified atom stereocenters. The first kappa shape index (κ1) is 19.6. The van der Waals surface area contributed by atoms with E-state index < -0.39 is 12.6 Å². The quantitative estimate of drug-likeness (QED) is 0.600. The van der Waals surface area contributed by atoms with Gasteiger partial charge < -0.3 is 14.8 Å². The van der Waals surface area contributed by atoms with Gasteiger partial charge in [-0.2, -0.15) is 0 Å². The Labute approximate surface area is 168 Å². The van der Waals surface area contributed by atoms with Crippen LogP contribution in [0.25, 0.3) is 12.2 Å². The number of H-pyrrole nitrogens is 1. The van der Waals surface area contributed by atoms with Crippen LogP contribution in [-0.2, 0) is 4.79 Å². The van der Waals surface area contributed by atoms with E-state index in [1.165, 1.54) is 6.08 Å². The maximum atomic E-state index is 12.3. The highest BCUT2D eigenvalue weighted by Gasteiger charge is 2.04. The van der Waals surface area contributed by atoms with Crippen molar-refractivity contribution in [2.45, 2.75) is 0 Å². The molecule has 142 valence electrons. The van der Waals surface area contributed by atoms with Gasteiger partial charge in [0.1, 0.15) is 5.75 Å². The van der Waals surface area contributed by atoms with E-state index in [1.807, 2.05) is 0 Å². The number of carbonyl (C=O) groups is 2. The number of hydrogen-bond acceptors (Lipinski definition) is 5. The highest BCUT2D eigenvalue weighted by Crippen LogP contribution is 2.12. The number of carbonyl (C=O) groups excluding carboxylic acids is 1. The molecule has 3 aromatic rings. The predicted octanol–water partition coefficient (Wildman–Crippen LogP) is 2.05. The zero-order valence-electron chi connectivity index (χ0n) is 14.3. The Morgan fingerprint density at radius 1 is 1.11 bits per heavy atom. The second-order valence-corrected chi connectivity index (χ2v) is 7.22. The Balaban J connectivity index is 1.83. The summed E-state index contributed by atoms with van der Waals surface area (Å²) in [7, 11) is 0. The van der Waals surface area contributed by atoms with Gasteiger partial charge in [-0.3, -0.25) is 9.59 Å². The number of Topliss-reactive ketones (excluding diaryl/α,β-unsaturated/α-hetero) is 1. The normalized spacial score (nSPS) is 12.2. The maximum Gasteiger partial charge on any atom is 0.341 e. The number of rotatable bonds is 6. The zero-order valence-corrected chi connectivity index (χ0v) is 15.9. The van der Waals surface area contributed by atoms with E-state index in [-0.39, 0.29) is 11.3 Å². The number of halogens is 1. The van der Waals surface area contributed by atoms with Crippen LogP contribution in [0.1, 0.15) is 15.9 Å². The Morgan fingerprint density at radius 2 is 1.79 bits per heavy atom. The largest absolute Gasteiger partial charge is 0.482 e. The summed E-state index contributed by atoms with van der Waals surface area (Å²) in [5.74, 6) is -0.874. The van der Waals surface area contributed by atoms with Crippen molar-refractivity contribution in [1.82, 2.24) is 4.98 Å². The number of aliphatic carboxylic acids is 1. The van der Waals surface area contributed by atoms with Gasteiger partial charge in [-0.1, -0.05) is 23.7 Å². The van der Waals surface area contributed by atoms with Crippen molar-refractivity contribution in [3.63, 3.8) is 0 Å². The first-order valence-electron chi connectivity index (χ1n) is 8.08. The van der Waals surface area contributed by atoms with Crippen LogP contribution in [0.4, 0.5) is 0 Å². The zero-order chi connectivity index (χ0) is 20.1. The van der Waals surface area contributed by atoms with E-state index in [0.717, 1.165) is 16.9 Å². The van der Waals surface area contributed by atoms with Crippen molar-refractivity contribution >= 4 is 46.8 Å². The molecule has 2 N–H and O–H groups in total. The molecule has 28 heavy (non-hydrogen) atoms. The number of aromatic amines is 1. The van der Waals surface area contributed by atoms with E-state index in [9.17, 15) is 14.4 Å². The topological polar surface area (TPSA) is 96.5 Å². The van der Waals surface area contributed by atoms with Crippen molar-refractivity contribution in [2.24, 2.45) is 0 Å². The van der Waals surface area contributed by atoms with E-state index in [1.54, 1.807) is 54.6 Å². The minimum Gasteiger partial charge on any atom is -0.482 e. The van der Waals surface area contributed by atoms with Gasteiger partial charge >= 0.3 is 5.97 Å². The molecule has 0 aliphatic rings. The van der Waals surface area contributed by atoms with Crippen molar-refractivity contribution < 1.29 is 19.4 Å². The second kappa shape index (κ2) is 8.69. The number of aromatic nitrogens is 1. The molecule has 6 nitrogen and oxygen atoms in total. The Morgan fingerprint density at radius 3 is 2.43 bits per heavy atom. The lowest BCUT2D eigenvalue weighted by Crippen LogP contribution is -2.20. The van der Waals surface area contributed by atoms with E-state index in [0.29, 0.717) is 25.5 Å². The average molecular weight is 416 g/mol. The van der Waals surface area contributed by atoms with Crippen LogP contribution in [-0.4, -0.2) is 28.4 Å². The number of carboxylic acids is 1. The standard InChI is InChI=1S/C20H14ClNO5S/c21-14-5-3-13(4-6-14)16(23)10-18-22-20(26)17(28-18)9-12-1-7-15(8-2-12)27-11-19(24)25/h1-10H,11H2,(H,22,26)(H,24,25)/b17-9-,18-10-. The summed E-state index contributed by atoms with van der Waals surface area (Å²) in [5, 5.41) is 9.14. The molecule has 0 bridgehead atoms. The molecule has 1 heterocycles. The fourth-order valence-electron chi connectivity index (χ4n) is 2.30. The smallest absolute Gasteiger partial charge is 0.341 e. The molecule has 0 fully saturated rings. The molecule has 8 heteroatoms. The third-order valence-electron chi connectivity index (χ3n) is 3.61. The summed E-state index contributed by atoms with van der Waals surface area (Å²) >= 11 is 6.98. The first-order valence-corrected chi connectivity index (χ1v) is 9.27. The molecule has 0 saturated carbocycles. The van der Waals surface area contributed by atoms with Crippen molar-refractivity contribution in [2.75, 3.05) is 6.61 Å². The number of hydrogen-bond donors (Lipinski definition) is 2. The van der Waals surface area contributed by atoms with Gasteiger partial charge in [0.2, 0.25) is 0 Å².